The molecule has 0 spiro atoms. The van der Waals surface area contributed by atoms with Crippen LogP contribution in [0.3, 0.4) is 0 Å². The van der Waals surface area contributed by atoms with Crippen LogP contribution in [0.2, 0.25) is 0 Å². The number of hydrogen-bond donors (Lipinski definition) is 2. The average Bonchev–Trinajstić information content (AvgIpc) is 2.36. The zero-order valence-electron chi connectivity index (χ0n) is 13.2. The highest BCUT2D eigenvalue weighted by molar-refractivity contribution is 5.94. The number of pyridine rings is 1. The van der Waals surface area contributed by atoms with Crippen molar-refractivity contribution in [3.05, 3.63) is 23.9 Å². The van der Waals surface area contributed by atoms with Gasteiger partial charge in [0.1, 0.15) is 5.82 Å². The van der Waals surface area contributed by atoms with Crippen LogP contribution < -0.4 is 10.2 Å². The van der Waals surface area contributed by atoms with Gasteiger partial charge in [-0.15, -0.1) is 0 Å². The van der Waals surface area contributed by atoms with Crippen molar-refractivity contribution in [2.75, 3.05) is 19.0 Å². The van der Waals surface area contributed by atoms with Gasteiger partial charge in [0.2, 0.25) is 0 Å². The van der Waals surface area contributed by atoms with Crippen molar-refractivity contribution in [1.29, 1.82) is 0 Å². The molecule has 2 N–H and O–H groups in total. The van der Waals surface area contributed by atoms with Crippen LogP contribution >= 0.6 is 0 Å². The summed E-state index contributed by atoms with van der Waals surface area (Å²) < 4.78 is 0. The normalized spacial score (nSPS) is 12.6. The number of aliphatic carboxylic acids is 1. The van der Waals surface area contributed by atoms with E-state index < -0.39 is 12.0 Å². The lowest BCUT2D eigenvalue weighted by atomic mass is 9.84. The molecule has 0 radical (unpaired) electrons. The molecule has 0 fully saturated rings. The summed E-state index contributed by atoms with van der Waals surface area (Å²) in [6.07, 6.45) is 1.38. The van der Waals surface area contributed by atoms with Crippen molar-refractivity contribution in [3.8, 4) is 0 Å². The van der Waals surface area contributed by atoms with Gasteiger partial charge in [0, 0.05) is 26.3 Å². The third kappa shape index (κ3) is 5.06. The lowest BCUT2D eigenvalue weighted by Crippen LogP contribution is -2.45. The molecule has 0 aromatic carbocycles. The molecule has 0 aliphatic carbocycles. The van der Waals surface area contributed by atoms with Gasteiger partial charge in [0.25, 0.3) is 5.91 Å². The summed E-state index contributed by atoms with van der Waals surface area (Å²) in [7, 11) is 3.73. The van der Waals surface area contributed by atoms with Crippen LogP contribution in [0.25, 0.3) is 0 Å². The molecule has 6 nitrogen and oxygen atoms in total. The highest BCUT2D eigenvalue weighted by Gasteiger charge is 2.28. The number of amides is 1. The highest BCUT2D eigenvalue weighted by Crippen LogP contribution is 2.22. The molecule has 1 aromatic heterocycles. The first-order chi connectivity index (χ1) is 9.61. The van der Waals surface area contributed by atoms with E-state index in [1.807, 2.05) is 39.8 Å². The Hall–Kier alpha value is -2.11. The molecule has 0 bridgehead atoms. The van der Waals surface area contributed by atoms with Crippen molar-refractivity contribution >= 4 is 17.7 Å². The Balaban J connectivity index is 2.84. The quantitative estimate of drug-likeness (QED) is 0.864. The van der Waals surface area contributed by atoms with Crippen LogP contribution in [0.1, 0.15) is 37.6 Å². The number of rotatable bonds is 5. The summed E-state index contributed by atoms with van der Waals surface area (Å²) in [5, 5.41) is 11.7. The van der Waals surface area contributed by atoms with E-state index >= 15 is 0 Å². The van der Waals surface area contributed by atoms with Crippen LogP contribution in [0.15, 0.2) is 18.3 Å². The number of anilines is 1. The van der Waals surface area contributed by atoms with Crippen LogP contribution in [-0.2, 0) is 4.79 Å². The first-order valence-electron chi connectivity index (χ1n) is 6.77. The van der Waals surface area contributed by atoms with Crippen molar-refractivity contribution in [2.45, 2.75) is 33.2 Å². The molecule has 1 heterocycles. The van der Waals surface area contributed by atoms with Crippen LogP contribution in [0.4, 0.5) is 5.82 Å². The molecule has 0 aliphatic heterocycles. The van der Waals surface area contributed by atoms with E-state index in [-0.39, 0.29) is 17.7 Å². The summed E-state index contributed by atoms with van der Waals surface area (Å²) in [6, 6.07) is 2.98. The molecule has 1 unspecified atom stereocenters. The lowest BCUT2D eigenvalue weighted by molar-refractivity contribution is -0.138. The number of carbonyl (C=O) groups is 2. The first kappa shape index (κ1) is 16.9. The first-order valence-corrected chi connectivity index (χ1v) is 6.77. The molecular formula is C15H23N3O3. The Labute approximate surface area is 125 Å². The van der Waals surface area contributed by atoms with E-state index in [4.69, 9.17) is 5.11 Å². The predicted molar refractivity (Wildman–Crippen MR) is 81.5 cm³/mol. The molecule has 0 saturated carbocycles. The zero-order valence-corrected chi connectivity index (χ0v) is 13.2. The third-order valence-corrected chi connectivity index (χ3v) is 3.20. The van der Waals surface area contributed by atoms with Gasteiger partial charge in [-0.2, -0.15) is 0 Å². The minimum atomic E-state index is -0.934. The standard InChI is InChI=1S/C15H23N3O3/c1-15(2,3)11(8-13(19)20)17-14(21)10-6-7-12(16-9-10)18(4)5/h6-7,9,11H,8H2,1-5H3,(H,17,21)(H,19,20). The van der Waals surface area contributed by atoms with Gasteiger partial charge in [0.05, 0.1) is 12.0 Å². The van der Waals surface area contributed by atoms with Crippen molar-refractivity contribution in [1.82, 2.24) is 10.3 Å². The number of carboxylic acids is 1. The second kappa shape index (κ2) is 6.56. The predicted octanol–water partition coefficient (Wildman–Crippen LogP) is 1.77. The second-order valence-corrected chi connectivity index (χ2v) is 6.29. The van der Waals surface area contributed by atoms with Crippen molar-refractivity contribution < 1.29 is 14.7 Å². The smallest absolute Gasteiger partial charge is 0.305 e. The molecule has 1 amide bonds. The summed E-state index contributed by atoms with van der Waals surface area (Å²) in [4.78, 5) is 29.1. The second-order valence-electron chi connectivity index (χ2n) is 6.29. The van der Waals surface area contributed by atoms with E-state index in [1.54, 1.807) is 12.1 Å². The molecule has 0 saturated heterocycles. The van der Waals surface area contributed by atoms with Gasteiger partial charge in [-0.25, -0.2) is 4.98 Å². The highest BCUT2D eigenvalue weighted by atomic mass is 16.4. The molecule has 0 aliphatic rings. The van der Waals surface area contributed by atoms with Gasteiger partial charge in [0.15, 0.2) is 0 Å². The Kier molecular flexibility index (Phi) is 5.29. The maximum absolute atomic E-state index is 12.2. The fraction of sp³-hybridized carbons (Fsp3) is 0.533. The van der Waals surface area contributed by atoms with E-state index in [1.165, 1.54) is 6.20 Å². The van der Waals surface area contributed by atoms with Gasteiger partial charge in [-0.05, 0) is 17.5 Å². The van der Waals surface area contributed by atoms with E-state index in [0.717, 1.165) is 5.82 Å². The molecule has 116 valence electrons. The van der Waals surface area contributed by atoms with Gasteiger partial charge >= 0.3 is 5.97 Å². The molecule has 6 heteroatoms. The maximum atomic E-state index is 12.2. The summed E-state index contributed by atoms with van der Waals surface area (Å²) in [5.74, 6) is -0.491. The lowest BCUT2D eigenvalue weighted by Gasteiger charge is -2.30. The maximum Gasteiger partial charge on any atom is 0.305 e. The topological polar surface area (TPSA) is 82.5 Å². The van der Waals surface area contributed by atoms with E-state index in [2.05, 4.69) is 10.3 Å². The average molecular weight is 293 g/mol. The largest absolute Gasteiger partial charge is 0.481 e. The van der Waals surface area contributed by atoms with E-state index in [0.29, 0.717) is 5.56 Å². The number of nitrogens with zero attached hydrogens (tertiary/aromatic N) is 2. The Morgan fingerprint density at radius 2 is 1.95 bits per heavy atom. The molecule has 1 rings (SSSR count). The summed E-state index contributed by atoms with van der Waals surface area (Å²) in [6.45, 7) is 5.69. The van der Waals surface area contributed by atoms with E-state index in [9.17, 15) is 9.59 Å². The van der Waals surface area contributed by atoms with Crippen molar-refractivity contribution in [3.63, 3.8) is 0 Å². The number of aromatic nitrogens is 1. The van der Waals surface area contributed by atoms with Crippen LogP contribution in [-0.4, -0.2) is 42.1 Å². The van der Waals surface area contributed by atoms with Crippen molar-refractivity contribution in [2.24, 2.45) is 5.41 Å². The van der Waals surface area contributed by atoms with Crippen LogP contribution in [0, 0.1) is 5.41 Å². The Morgan fingerprint density at radius 3 is 2.33 bits per heavy atom. The van der Waals surface area contributed by atoms with Crippen LogP contribution in [0.5, 0.6) is 0 Å². The zero-order chi connectivity index (χ0) is 16.2. The monoisotopic (exact) mass is 293 g/mol. The molecule has 1 atom stereocenters. The van der Waals surface area contributed by atoms with Gasteiger partial charge in [-0.1, -0.05) is 20.8 Å². The fourth-order valence-electron chi connectivity index (χ4n) is 1.77. The van der Waals surface area contributed by atoms with Gasteiger partial charge in [-0.3, -0.25) is 9.59 Å². The fourth-order valence-corrected chi connectivity index (χ4v) is 1.77. The number of carboxylic acid groups (broad SMARTS) is 1. The number of carbonyl (C=O) groups excluding carboxylic acids is 1. The minimum Gasteiger partial charge on any atom is -0.481 e. The minimum absolute atomic E-state index is 0.113. The Morgan fingerprint density at radius 1 is 1.33 bits per heavy atom. The number of nitrogens with one attached hydrogen (secondary N) is 1. The number of hydrogen-bond acceptors (Lipinski definition) is 4. The Bertz CT molecular complexity index is 504. The summed E-state index contributed by atoms with van der Waals surface area (Å²) >= 11 is 0. The molecule has 1 aromatic rings. The third-order valence-electron chi connectivity index (χ3n) is 3.20. The van der Waals surface area contributed by atoms with Gasteiger partial charge < -0.3 is 15.3 Å². The SMILES string of the molecule is CN(C)c1ccc(C(=O)NC(CC(=O)O)C(C)(C)C)cn1. The molecular weight excluding hydrogens is 270 g/mol. The summed E-state index contributed by atoms with van der Waals surface area (Å²) in [5.41, 5.74) is 0.0747. The molecule has 21 heavy (non-hydrogen) atoms.